The molecule has 3 rings (SSSR count). The molecule has 0 fully saturated rings. The minimum atomic E-state index is 0.629. The Labute approximate surface area is 152 Å². The molecule has 0 bridgehead atoms. The van der Waals surface area contributed by atoms with E-state index in [9.17, 15) is 0 Å². The molecular weight excluding hydrogens is 332 g/mol. The number of methoxy groups -OCH3 is 1. The number of aryl methyl sites for hydroxylation is 4. The van der Waals surface area contributed by atoms with Crippen molar-refractivity contribution in [2.45, 2.75) is 45.4 Å². The molecule has 0 radical (unpaired) electrons. The molecule has 0 aliphatic carbocycles. The van der Waals surface area contributed by atoms with Gasteiger partial charge in [-0.15, -0.1) is 20.4 Å². The zero-order valence-electron chi connectivity index (χ0n) is 15.5. The van der Waals surface area contributed by atoms with Crippen molar-refractivity contribution in [2.75, 3.05) is 7.11 Å². The van der Waals surface area contributed by atoms with Crippen LogP contribution in [0.4, 0.5) is 0 Å². The van der Waals surface area contributed by atoms with Gasteiger partial charge in [-0.1, -0.05) is 12.8 Å². The Kier molecular flexibility index (Phi) is 5.93. The summed E-state index contributed by atoms with van der Waals surface area (Å²) in [5.41, 5.74) is 2.13. The van der Waals surface area contributed by atoms with Crippen LogP contribution in [0.15, 0.2) is 22.6 Å². The number of benzene rings is 1. The standard InChI is InChI=1S/C18H24N6O2/c1-13-19-20-17(26-13)9-7-5-4-6-8-14-12-15(10-11-16(14)25-3)18-21-23-24(2)22-18/h10-12H,4-9H2,1-3H3. The molecular formula is C18H24N6O2. The third kappa shape index (κ3) is 4.65. The summed E-state index contributed by atoms with van der Waals surface area (Å²) in [5.74, 6) is 2.89. The van der Waals surface area contributed by atoms with Gasteiger partial charge < -0.3 is 9.15 Å². The highest BCUT2D eigenvalue weighted by atomic mass is 16.5. The topological polar surface area (TPSA) is 91.8 Å². The van der Waals surface area contributed by atoms with E-state index in [2.05, 4.69) is 31.7 Å². The number of unbranched alkanes of at least 4 members (excludes halogenated alkanes) is 3. The van der Waals surface area contributed by atoms with Gasteiger partial charge >= 0.3 is 0 Å². The van der Waals surface area contributed by atoms with Crippen molar-refractivity contribution in [1.82, 2.24) is 30.4 Å². The van der Waals surface area contributed by atoms with Crippen LogP contribution in [-0.2, 0) is 19.9 Å². The molecule has 8 nitrogen and oxygen atoms in total. The molecule has 0 saturated carbocycles. The average molecular weight is 356 g/mol. The minimum Gasteiger partial charge on any atom is -0.496 e. The summed E-state index contributed by atoms with van der Waals surface area (Å²) in [6.07, 6.45) is 6.23. The van der Waals surface area contributed by atoms with E-state index in [0.717, 1.165) is 55.7 Å². The van der Waals surface area contributed by atoms with Gasteiger partial charge in [0.15, 0.2) is 0 Å². The van der Waals surface area contributed by atoms with Gasteiger partial charge in [-0.2, -0.15) is 4.80 Å². The molecule has 8 heteroatoms. The second-order valence-corrected chi connectivity index (χ2v) is 6.26. The first kappa shape index (κ1) is 18.0. The molecule has 0 atom stereocenters. The van der Waals surface area contributed by atoms with E-state index in [0.29, 0.717) is 11.7 Å². The molecule has 2 heterocycles. The minimum absolute atomic E-state index is 0.629. The predicted molar refractivity (Wildman–Crippen MR) is 95.7 cm³/mol. The van der Waals surface area contributed by atoms with E-state index in [4.69, 9.17) is 9.15 Å². The SMILES string of the molecule is COc1ccc(-c2nnn(C)n2)cc1CCCCCCc1nnc(C)o1. The maximum atomic E-state index is 5.49. The number of hydrogen-bond acceptors (Lipinski definition) is 7. The fourth-order valence-electron chi connectivity index (χ4n) is 2.90. The lowest BCUT2D eigenvalue weighted by atomic mass is 10.0. The van der Waals surface area contributed by atoms with E-state index < -0.39 is 0 Å². The van der Waals surface area contributed by atoms with Crippen LogP contribution in [-0.4, -0.2) is 37.5 Å². The summed E-state index contributed by atoms with van der Waals surface area (Å²) in [7, 11) is 3.46. The summed E-state index contributed by atoms with van der Waals surface area (Å²) in [6, 6.07) is 6.03. The van der Waals surface area contributed by atoms with Crippen molar-refractivity contribution in [3.8, 4) is 17.1 Å². The first-order valence-electron chi connectivity index (χ1n) is 8.86. The molecule has 26 heavy (non-hydrogen) atoms. The van der Waals surface area contributed by atoms with E-state index in [1.54, 1.807) is 14.2 Å². The van der Waals surface area contributed by atoms with E-state index in [1.807, 2.05) is 19.1 Å². The number of ether oxygens (including phenoxy) is 1. The number of rotatable bonds is 9. The van der Waals surface area contributed by atoms with Crippen LogP contribution in [0.2, 0.25) is 0 Å². The molecule has 0 aliphatic rings. The third-order valence-electron chi connectivity index (χ3n) is 4.20. The van der Waals surface area contributed by atoms with Gasteiger partial charge in [0, 0.05) is 18.9 Å². The quantitative estimate of drug-likeness (QED) is 0.544. The van der Waals surface area contributed by atoms with Crippen LogP contribution in [0.1, 0.15) is 43.0 Å². The molecule has 1 aromatic carbocycles. The van der Waals surface area contributed by atoms with Crippen molar-refractivity contribution in [1.29, 1.82) is 0 Å². The van der Waals surface area contributed by atoms with E-state index in [-0.39, 0.29) is 0 Å². The van der Waals surface area contributed by atoms with Crippen LogP contribution in [0.3, 0.4) is 0 Å². The van der Waals surface area contributed by atoms with Gasteiger partial charge in [-0.25, -0.2) is 0 Å². The summed E-state index contributed by atoms with van der Waals surface area (Å²) in [4.78, 5) is 1.46. The average Bonchev–Trinajstić information content (AvgIpc) is 3.26. The summed E-state index contributed by atoms with van der Waals surface area (Å²) < 4.78 is 10.9. The Hall–Kier alpha value is -2.77. The number of aromatic nitrogens is 6. The maximum Gasteiger partial charge on any atom is 0.216 e. The van der Waals surface area contributed by atoms with Gasteiger partial charge in [-0.05, 0) is 48.2 Å². The predicted octanol–water partition coefficient (Wildman–Crippen LogP) is 2.92. The highest BCUT2D eigenvalue weighted by Crippen LogP contribution is 2.26. The lowest BCUT2D eigenvalue weighted by Gasteiger charge is -2.09. The van der Waals surface area contributed by atoms with Gasteiger partial charge in [0.1, 0.15) is 5.75 Å². The molecule has 0 amide bonds. The number of hydrogen-bond donors (Lipinski definition) is 0. The Bertz CT molecular complexity index is 842. The molecule has 0 unspecified atom stereocenters. The maximum absolute atomic E-state index is 5.49. The van der Waals surface area contributed by atoms with Crippen molar-refractivity contribution < 1.29 is 9.15 Å². The fourth-order valence-corrected chi connectivity index (χ4v) is 2.90. The van der Waals surface area contributed by atoms with Crippen molar-refractivity contribution in [2.24, 2.45) is 7.05 Å². The van der Waals surface area contributed by atoms with Gasteiger partial charge in [0.05, 0.1) is 14.2 Å². The molecule has 3 aromatic rings. The van der Waals surface area contributed by atoms with E-state index >= 15 is 0 Å². The summed E-state index contributed by atoms with van der Waals surface area (Å²) in [5, 5.41) is 20.1. The first-order valence-corrected chi connectivity index (χ1v) is 8.86. The molecule has 2 aromatic heterocycles. The Morgan fingerprint density at radius 3 is 2.50 bits per heavy atom. The normalized spacial score (nSPS) is 11.0. The Balaban J connectivity index is 1.50. The molecule has 0 aliphatic heterocycles. The van der Waals surface area contributed by atoms with E-state index in [1.165, 1.54) is 10.4 Å². The summed E-state index contributed by atoms with van der Waals surface area (Å²) >= 11 is 0. The third-order valence-corrected chi connectivity index (χ3v) is 4.20. The molecule has 138 valence electrons. The van der Waals surface area contributed by atoms with Gasteiger partial charge in [-0.3, -0.25) is 0 Å². The first-order chi connectivity index (χ1) is 12.7. The van der Waals surface area contributed by atoms with Crippen LogP contribution >= 0.6 is 0 Å². The Morgan fingerprint density at radius 2 is 1.85 bits per heavy atom. The van der Waals surface area contributed by atoms with Crippen molar-refractivity contribution >= 4 is 0 Å². The zero-order valence-corrected chi connectivity index (χ0v) is 15.5. The highest BCUT2D eigenvalue weighted by Gasteiger charge is 2.10. The highest BCUT2D eigenvalue weighted by molar-refractivity contribution is 5.58. The monoisotopic (exact) mass is 356 g/mol. The lowest BCUT2D eigenvalue weighted by Crippen LogP contribution is -1.95. The zero-order chi connectivity index (χ0) is 18.4. The number of nitrogens with zero attached hydrogens (tertiary/aromatic N) is 6. The largest absolute Gasteiger partial charge is 0.496 e. The smallest absolute Gasteiger partial charge is 0.216 e. The Morgan fingerprint density at radius 1 is 1.04 bits per heavy atom. The lowest BCUT2D eigenvalue weighted by molar-refractivity contribution is 0.408. The summed E-state index contributed by atoms with van der Waals surface area (Å²) in [6.45, 7) is 1.81. The van der Waals surface area contributed by atoms with Gasteiger partial charge in [0.2, 0.25) is 17.6 Å². The second-order valence-electron chi connectivity index (χ2n) is 6.26. The van der Waals surface area contributed by atoms with Crippen molar-refractivity contribution in [3.63, 3.8) is 0 Å². The number of tetrazole rings is 1. The van der Waals surface area contributed by atoms with Crippen LogP contribution in [0.5, 0.6) is 5.75 Å². The van der Waals surface area contributed by atoms with Crippen LogP contribution < -0.4 is 4.74 Å². The fraction of sp³-hybridized carbons (Fsp3) is 0.500. The molecule has 0 saturated heterocycles. The van der Waals surface area contributed by atoms with Crippen LogP contribution in [0, 0.1) is 6.92 Å². The van der Waals surface area contributed by atoms with Crippen LogP contribution in [0.25, 0.3) is 11.4 Å². The second kappa shape index (κ2) is 8.55. The van der Waals surface area contributed by atoms with Gasteiger partial charge in [0.25, 0.3) is 0 Å². The molecule has 0 spiro atoms. The molecule has 0 N–H and O–H groups in total. The van der Waals surface area contributed by atoms with Crippen molar-refractivity contribution in [3.05, 3.63) is 35.5 Å².